The van der Waals surface area contributed by atoms with Crippen molar-refractivity contribution in [1.29, 1.82) is 0 Å². The SMILES string of the molecule is CCCCCCCCCCCCCCCCCC/C=C/C(=O)Oc1ccccc1. The maximum Gasteiger partial charge on any atom is 0.335 e. The van der Waals surface area contributed by atoms with Gasteiger partial charge in [0.05, 0.1) is 0 Å². The van der Waals surface area contributed by atoms with Crippen molar-refractivity contribution in [2.45, 2.75) is 116 Å². The van der Waals surface area contributed by atoms with E-state index in [1.54, 1.807) is 18.2 Å². The normalized spacial score (nSPS) is 11.2. The molecule has 0 aliphatic rings. The standard InChI is InChI=1S/C27H44O2/c1-2-3-4-5-6-7-8-9-10-11-12-13-14-15-16-17-18-22-25-27(28)29-26-23-20-19-21-24-26/h19-25H,2-18H2,1H3/b25-22+. The number of carbonyl (C=O) groups excluding carboxylic acids is 1. The van der Waals surface area contributed by atoms with Crippen LogP contribution >= 0.6 is 0 Å². The summed E-state index contributed by atoms with van der Waals surface area (Å²) in [6.45, 7) is 2.28. The van der Waals surface area contributed by atoms with Gasteiger partial charge in [-0.2, -0.15) is 0 Å². The van der Waals surface area contributed by atoms with Crippen LogP contribution in [0.15, 0.2) is 42.5 Å². The Bertz CT molecular complexity index is 507. The maximum atomic E-state index is 11.7. The molecule has 0 spiro atoms. The van der Waals surface area contributed by atoms with Crippen molar-refractivity contribution in [3.8, 4) is 5.75 Å². The molecule has 1 aromatic rings. The average Bonchev–Trinajstić information content (AvgIpc) is 2.73. The van der Waals surface area contributed by atoms with Crippen molar-refractivity contribution in [3.63, 3.8) is 0 Å². The summed E-state index contributed by atoms with van der Waals surface area (Å²) >= 11 is 0. The minimum atomic E-state index is -0.285. The van der Waals surface area contributed by atoms with Gasteiger partial charge in [-0.25, -0.2) is 4.79 Å². The van der Waals surface area contributed by atoms with Crippen LogP contribution in [0.4, 0.5) is 0 Å². The summed E-state index contributed by atoms with van der Waals surface area (Å²) in [6.07, 6.45) is 26.6. The number of allylic oxidation sites excluding steroid dienone is 1. The summed E-state index contributed by atoms with van der Waals surface area (Å²) in [5, 5.41) is 0. The van der Waals surface area contributed by atoms with E-state index < -0.39 is 0 Å². The highest BCUT2D eigenvalue weighted by Gasteiger charge is 1.98. The summed E-state index contributed by atoms with van der Waals surface area (Å²) in [5.74, 6) is 0.317. The van der Waals surface area contributed by atoms with Gasteiger partial charge in [-0.05, 0) is 25.0 Å². The van der Waals surface area contributed by atoms with Gasteiger partial charge in [0, 0.05) is 6.08 Å². The number of hydrogen-bond acceptors (Lipinski definition) is 2. The third-order valence-corrected chi connectivity index (χ3v) is 5.44. The molecule has 1 aromatic carbocycles. The monoisotopic (exact) mass is 400 g/mol. The Morgan fingerprint density at radius 3 is 1.62 bits per heavy atom. The Morgan fingerprint density at radius 1 is 0.690 bits per heavy atom. The predicted octanol–water partition coefficient (Wildman–Crippen LogP) is 8.80. The van der Waals surface area contributed by atoms with E-state index in [1.807, 2.05) is 24.3 Å². The van der Waals surface area contributed by atoms with Gasteiger partial charge in [0.1, 0.15) is 5.75 Å². The molecule has 0 fully saturated rings. The Kier molecular flexibility index (Phi) is 17.3. The first kappa shape index (κ1) is 25.5. The largest absolute Gasteiger partial charge is 0.423 e. The Balaban J connectivity index is 1.78. The fraction of sp³-hybridized carbons (Fsp3) is 0.667. The summed E-state index contributed by atoms with van der Waals surface area (Å²) in [6, 6.07) is 9.22. The zero-order valence-electron chi connectivity index (χ0n) is 18.9. The first-order valence-corrected chi connectivity index (χ1v) is 12.3. The van der Waals surface area contributed by atoms with Crippen LogP contribution in [0.2, 0.25) is 0 Å². The summed E-state index contributed by atoms with van der Waals surface area (Å²) in [7, 11) is 0. The quantitative estimate of drug-likeness (QED) is 0.100. The van der Waals surface area contributed by atoms with E-state index in [0.717, 1.165) is 12.8 Å². The average molecular weight is 401 g/mol. The number of esters is 1. The molecule has 0 amide bonds. The molecule has 0 bridgehead atoms. The molecule has 0 radical (unpaired) electrons. The number of para-hydroxylation sites is 1. The van der Waals surface area contributed by atoms with E-state index in [4.69, 9.17) is 4.74 Å². The molecule has 1 rings (SSSR count). The second-order valence-electron chi connectivity index (χ2n) is 8.23. The molecule has 0 unspecified atom stereocenters. The van der Waals surface area contributed by atoms with Gasteiger partial charge in [-0.1, -0.05) is 128 Å². The number of benzene rings is 1. The third kappa shape index (κ3) is 17.0. The molecule has 0 saturated carbocycles. The number of carbonyl (C=O) groups is 1. The molecule has 164 valence electrons. The van der Waals surface area contributed by atoms with E-state index in [0.29, 0.717) is 5.75 Å². The highest BCUT2D eigenvalue weighted by atomic mass is 16.5. The smallest absolute Gasteiger partial charge is 0.335 e. The summed E-state index contributed by atoms with van der Waals surface area (Å²) in [5.41, 5.74) is 0. The molecule has 0 aliphatic heterocycles. The lowest BCUT2D eigenvalue weighted by Gasteiger charge is -2.03. The van der Waals surface area contributed by atoms with Crippen LogP contribution in [0.25, 0.3) is 0 Å². The minimum Gasteiger partial charge on any atom is -0.423 e. The van der Waals surface area contributed by atoms with Gasteiger partial charge in [0.2, 0.25) is 0 Å². The van der Waals surface area contributed by atoms with Gasteiger partial charge >= 0.3 is 5.97 Å². The Labute approximate surface area is 180 Å². The fourth-order valence-corrected chi connectivity index (χ4v) is 3.63. The first-order valence-electron chi connectivity index (χ1n) is 12.3. The number of hydrogen-bond donors (Lipinski definition) is 0. The number of unbranched alkanes of at least 4 members (excludes halogenated alkanes) is 16. The molecule has 2 heteroatoms. The van der Waals surface area contributed by atoms with Gasteiger partial charge in [0.15, 0.2) is 0 Å². The molecule has 0 N–H and O–H groups in total. The van der Waals surface area contributed by atoms with E-state index >= 15 is 0 Å². The van der Waals surface area contributed by atoms with Crippen LogP contribution in [0, 0.1) is 0 Å². The topological polar surface area (TPSA) is 26.3 Å². The van der Waals surface area contributed by atoms with Gasteiger partial charge in [0.25, 0.3) is 0 Å². The zero-order chi connectivity index (χ0) is 20.8. The van der Waals surface area contributed by atoms with Crippen LogP contribution < -0.4 is 4.74 Å². The van der Waals surface area contributed by atoms with Crippen molar-refractivity contribution >= 4 is 5.97 Å². The lowest BCUT2D eigenvalue weighted by molar-refractivity contribution is -0.129. The summed E-state index contributed by atoms with van der Waals surface area (Å²) in [4.78, 5) is 11.7. The third-order valence-electron chi connectivity index (χ3n) is 5.44. The summed E-state index contributed by atoms with van der Waals surface area (Å²) < 4.78 is 5.22. The molecular weight excluding hydrogens is 356 g/mol. The minimum absolute atomic E-state index is 0.285. The molecule has 2 nitrogen and oxygen atoms in total. The van der Waals surface area contributed by atoms with Crippen molar-refractivity contribution in [2.24, 2.45) is 0 Å². The van der Waals surface area contributed by atoms with Crippen molar-refractivity contribution in [1.82, 2.24) is 0 Å². The molecule has 0 atom stereocenters. The second kappa shape index (κ2) is 19.7. The zero-order valence-corrected chi connectivity index (χ0v) is 18.9. The molecule has 0 aliphatic carbocycles. The van der Waals surface area contributed by atoms with Gasteiger partial charge in [-0.15, -0.1) is 0 Å². The van der Waals surface area contributed by atoms with Crippen LogP contribution in [0.3, 0.4) is 0 Å². The maximum absolute atomic E-state index is 11.7. The lowest BCUT2D eigenvalue weighted by atomic mass is 10.0. The second-order valence-corrected chi connectivity index (χ2v) is 8.23. The Hall–Kier alpha value is -1.57. The molecule has 0 heterocycles. The van der Waals surface area contributed by atoms with Gasteiger partial charge in [-0.3, -0.25) is 0 Å². The van der Waals surface area contributed by atoms with E-state index in [-0.39, 0.29) is 5.97 Å². The number of ether oxygens (including phenoxy) is 1. The van der Waals surface area contributed by atoms with Crippen LogP contribution in [0.1, 0.15) is 116 Å². The van der Waals surface area contributed by atoms with Crippen LogP contribution in [0.5, 0.6) is 5.75 Å². The fourth-order valence-electron chi connectivity index (χ4n) is 3.63. The number of rotatable bonds is 19. The Morgan fingerprint density at radius 2 is 1.14 bits per heavy atom. The molecule has 0 aromatic heterocycles. The predicted molar refractivity (Wildman–Crippen MR) is 125 cm³/mol. The van der Waals surface area contributed by atoms with E-state index in [9.17, 15) is 4.79 Å². The lowest BCUT2D eigenvalue weighted by Crippen LogP contribution is -2.03. The van der Waals surface area contributed by atoms with Gasteiger partial charge < -0.3 is 4.74 Å². The highest BCUT2D eigenvalue weighted by molar-refractivity contribution is 5.83. The highest BCUT2D eigenvalue weighted by Crippen LogP contribution is 2.14. The first-order chi connectivity index (χ1) is 14.3. The van der Waals surface area contributed by atoms with E-state index in [1.165, 1.54) is 96.3 Å². The van der Waals surface area contributed by atoms with Crippen molar-refractivity contribution in [2.75, 3.05) is 0 Å². The molecule has 29 heavy (non-hydrogen) atoms. The van der Waals surface area contributed by atoms with Crippen molar-refractivity contribution < 1.29 is 9.53 Å². The van der Waals surface area contributed by atoms with Crippen LogP contribution in [-0.2, 0) is 4.79 Å². The van der Waals surface area contributed by atoms with Crippen LogP contribution in [-0.4, -0.2) is 5.97 Å². The van der Waals surface area contributed by atoms with Crippen molar-refractivity contribution in [3.05, 3.63) is 42.5 Å². The molecular formula is C27H44O2. The van der Waals surface area contributed by atoms with E-state index in [2.05, 4.69) is 6.92 Å². The molecule has 0 saturated heterocycles.